The Morgan fingerprint density at radius 3 is 3.35 bits per heavy atom. The maximum atomic E-state index is 5.99. The monoisotopic (exact) mass is 276 g/mol. The van der Waals surface area contributed by atoms with E-state index in [1.807, 2.05) is 25.1 Å². The molecule has 0 spiro atoms. The van der Waals surface area contributed by atoms with Gasteiger partial charge in [0.1, 0.15) is 0 Å². The van der Waals surface area contributed by atoms with Gasteiger partial charge in [-0.05, 0) is 44.9 Å². The summed E-state index contributed by atoms with van der Waals surface area (Å²) >= 11 is 0. The first-order valence-electron chi connectivity index (χ1n) is 7.61. The Hall–Kier alpha value is -0.970. The number of rotatable bonds is 4. The number of hydrogen-bond donors (Lipinski definition) is 1. The van der Waals surface area contributed by atoms with Crippen molar-refractivity contribution in [3.8, 4) is 0 Å². The van der Waals surface area contributed by atoms with Crippen LogP contribution in [0.4, 0.5) is 0 Å². The summed E-state index contributed by atoms with van der Waals surface area (Å²) in [4.78, 5) is 4.49. The maximum Gasteiger partial charge on any atom is 0.0888 e. The summed E-state index contributed by atoms with van der Waals surface area (Å²) in [6.07, 6.45) is 3.81. The molecule has 1 N–H and O–H groups in total. The highest BCUT2D eigenvalue weighted by atomic mass is 16.5. The third-order valence-electron chi connectivity index (χ3n) is 4.47. The average molecular weight is 276 g/mol. The van der Waals surface area contributed by atoms with Gasteiger partial charge in [-0.1, -0.05) is 6.07 Å². The lowest BCUT2D eigenvalue weighted by Crippen LogP contribution is -2.55. The first kappa shape index (κ1) is 14.0. The molecule has 110 valence electrons. The molecule has 3 rings (SSSR count). The topological polar surface area (TPSA) is 43.4 Å². The molecule has 20 heavy (non-hydrogen) atoms. The molecule has 0 amide bonds. The van der Waals surface area contributed by atoms with Crippen LogP contribution in [0, 0.1) is 12.3 Å². The Kier molecular flexibility index (Phi) is 4.34. The van der Waals surface area contributed by atoms with E-state index < -0.39 is 0 Å². The zero-order valence-electron chi connectivity index (χ0n) is 12.2. The molecule has 0 unspecified atom stereocenters. The highest BCUT2D eigenvalue weighted by molar-refractivity contribution is 5.09. The minimum atomic E-state index is 0.167. The van der Waals surface area contributed by atoms with E-state index in [0.29, 0.717) is 12.7 Å². The maximum absolute atomic E-state index is 5.99. The lowest BCUT2D eigenvalue weighted by Gasteiger charge is -2.47. The van der Waals surface area contributed by atoms with Gasteiger partial charge >= 0.3 is 0 Å². The Balaban J connectivity index is 1.58. The minimum absolute atomic E-state index is 0.167. The third kappa shape index (κ3) is 3.03. The summed E-state index contributed by atoms with van der Waals surface area (Å²) in [5.41, 5.74) is 2.22. The van der Waals surface area contributed by atoms with Crippen LogP contribution in [0.3, 0.4) is 0 Å². The first-order chi connectivity index (χ1) is 9.78. The summed E-state index contributed by atoms with van der Waals surface area (Å²) < 4.78 is 12.0. The zero-order valence-corrected chi connectivity index (χ0v) is 12.2. The Labute approximate surface area is 120 Å². The summed E-state index contributed by atoms with van der Waals surface area (Å²) in [5.74, 6) is 0. The second-order valence-electron chi connectivity index (χ2n) is 6.05. The number of nitrogens with one attached hydrogen (secondary N) is 1. The summed E-state index contributed by atoms with van der Waals surface area (Å²) in [6.45, 7) is 6.35. The Morgan fingerprint density at radius 2 is 2.45 bits per heavy atom. The van der Waals surface area contributed by atoms with Crippen molar-refractivity contribution in [1.82, 2.24) is 10.3 Å². The summed E-state index contributed by atoms with van der Waals surface area (Å²) in [7, 11) is 0. The van der Waals surface area contributed by atoms with Crippen molar-refractivity contribution in [2.24, 2.45) is 5.41 Å². The average Bonchev–Trinajstić information content (AvgIpc) is 2.47. The van der Waals surface area contributed by atoms with E-state index >= 15 is 0 Å². The number of ether oxygens (including phenoxy) is 2. The molecule has 0 aliphatic carbocycles. The van der Waals surface area contributed by atoms with Crippen LogP contribution in [0.15, 0.2) is 18.2 Å². The normalized spacial score (nSPS) is 29.9. The molecule has 4 nitrogen and oxygen atoms in total. The highest BCUT2D eigenvalue weighted by Gasteiger charge is 2.43. The standard InChI is InChI=1S/C16H24N2O2/c1-13-4-2-5-14(18-13)10-19-12-16-7-3-9-20-15(16)6-8-17-11-16/h2,4-5,15,17H,3,6-12H2,1H3/t15-,16+/m1/s1. The van der Waals surface area contributed by atoms with Gasteiger partial charge in [-0.3, -0.25) is 4.98 Å². The van der Waals surface area contributed by atoms with Crippen molar-refractivity contribution in [3.63, 3.8) is 0 Å². The number of piperidine rings is 1. The van der Waals surface area contributed by atoms with Crippen molar-refractivity contribution in [2.75, 3.05) is 26.3 Å². The number of hydrogen-bond acceptors (Lipinski definition) is 4. The molecule has 2 saturated heterocycles. The smallest absolute Gasteiger partial charge is 0.0888 e. The number of nitrogens with zero attached hydrogens (tertiary/aromatic N) is 1. The van der Waals surface area contributed by atoms with Gasteiger partial charge in [0, 0.05) is 24.3 Å². The van der Waals surface area contributed by atoms with Crippen LogP contribution in [0.5, 0.6) is 0 Å². The number of pyridine rings is 1. The second-order valence-corrected chi connectivity index (χ2v) is 6.05. The van der Waals surface area contributed by atoms with Crippen LogP contribution in [0.2, 0.25) is 0 Å². The zero-order chi connectivity index (χ0) is 13.8. The van der Waals surface area contributed by atoms with Crippen molar-refractivity contribution in [2.45, 2.75) is 38.9 Å². The van der Waals surface area contributed by atoms with Crippen molar-refractivity contribution in [3.05, 3.63) is 29.6 Å². The van der Waals surface area contributed by atoms with Crippen LogP contribution < -0.4 is 5.32 Å². The molecule has 1 aromatic rings. The van der Waals surface area contributed by atoms with Crippen molar-refractivity contribution < 1.29 is 9.47 Å². The molecular formula is C16H24N2O2. The number of fused-ring (bicyclic) bond motifs is 1. The largest absolute Gasteiger partial charge is 0.377 e. The number of aromatic nitrogens is 1. The number of aryl methyl sites for hydroxylation is 1. The Bertz CT molecular complexity index is 438. The van der Waals surface area contributed by atoms with Gasteiger partial charge in [0.2, 0.25) is 0 Å². The van der Waals surface area contributed by atoms with Crippen molar-refractivity contribution >= 4 is 0 Å². The molecule has 0 radical (unpaired) electrons. The highest BCUT2D eigenvalue weighted by Crippen LogP contribution is 2.38. The third-order valence-corrected chi connectivity index (χ3v) is 4.47. The predicted molar refractivity (Wildman–Crippen MR) is 77.5 cm³/mol. The molecule has 0 bridgehead atoms. The first-order valence-corrected chi connectivity index (χ1v) is 7.61. The quantitative estimate of drug-likeness (QED) is 0.914. The van der Waals surface area contributed by atoms with Crippen molar-refractivity contribution in [1.29, 1.82) is 0 Å². The fourth-order valence-electron chi connectivity index (χ4n) is 3.40. The SMILES string of the molecule is Cc1cccc(COC[C@@]23CCCO[C@@H]2CCNC3)n1. The van der Waals surface area contributed by atoms with Gasteiger partial charge in [0.25, 0.3) is 0 Å². The molecule has 2 aliphatic heterocycles. The van der Waals surface area contributed by atoms with Gasteiger partial charge < -0.3 is 14.8 Å². The molecule has 2 atom stereocenters. The molecular weight excluding hydrogens is 252 g/mol. The molecule has 0 aromatic carbocycles. The van der Waals surface area contributed by atoms with E-state index in [1.165, 1.54) is 6.42 Å². The van der Waals surface area contributed by atoms with Crippen LogP contribution in [0.1, 0.15) is 30.7 Å². The molecule has 2 fully saturated rings. The van der Waals surface area contributed by atoms with E-state index in [0.717, 1.165) is 50.5 Å². The van der Waals surface area contributed by atoms with Crippen LogP contribution >= 0.6 is 0 Å². The van der Waals surface area contributed by atoms with Gasteiger partial charge in [0.05, 0.1) is 25.0 Å². The molecule has 2 aliphatic rings. The van der Waals surface area contributed by atoms with E-state index in [9.17, 15) is 0 Å². The lowest BCUT2D eigenvalue weighted by atomic mass is 9.73. The molecule has 1 aromatic heterocycles. The molecule has 4 heteroatoms. The van der Waals surface area contributed by atoms with E-state index in [1.54, 1.807) is 0 Å². The fourth-order valence-corrected chi connectivity index (χ4v) is 3.40. The minimum Gasteiger partial charge on any atom is -0.377 e. The van der Waals surface area contributed by atoms with E-state index in [4.69, 9.17) is 9.47 Å². The summed E-state index contributed by atoms with van der Waals surface area (Å²) in [5, 5.41) is 3.51. The van der Waals surface area contributed by atoms with Gasteiger partial charge in [0.15, 0.2) is 0 Å². The molecule has 3 heterocycles. The van der Waals surface area contributed by atoms with E-state index in [2.05, 4.69) is 10.3 Å². The molecule has 0 saturated carbocycles. The Morgan fingerprint density at radius 1 is 1.50 bits per heavy atom. The van der Waals surface area contributed by atoms with Gasteiger partial charge in [-0.2, -0.15) is 0 Å². The summed E-state index contributed by atoms with van der Waals surface area (Å²) in [6, 6.07) is 6.07. The van der Waals surface area contributed by atoms with E-state index in [-0.39, 0.29) is 5.41 Å². The fraction of sp³-hybridized carbons (Fsp3) is 0.688. The predicted octanol–water partition coefficient (Wildman–Crippen LogP) is 2.07. The lowest BCUT2D eigenvalue weighted by molar-refractivity contribution is -0.132. The van der Waals surface area contributed by atoms with Gasteiger partial charge in [-0.15, -0.1) is 0 Å². The van der Waals surface area contributed by atoms with Gasteiger partial charge in [-0.25, -0.2) is 0 Å². The van der Waals surface area contributed by atoms with Crippen LogP contribution in [0.25, 0.3) is 0 Å². The van der Waals surface area contributed by atoms with Crippen LogP contribution in [-0.4, -0.2) is 37.4 Å². The second kappa shape index (κ2) is 6.20. The van der Waals surface area contributed by atoms with Crippen LogP contribution in [-0.2, 0) is 16.1 Å².